The fourth-order valence-corrected chi connectivity index (χ4v) is 5.50. The van der Waals surface area contributed by atoms with Gasteiger partial charge in [0.05, 0.1) is 17.1 Å². The Morgan fingerprint density at radius 1 is 1.17 bits per heavy atom. The van der Waals surface area contributed by atoms with Gasteiger partial charge in [-0.05, 0) is 85.0 Å². The van der Waals surface area contributed by atoms with Gasteiger partial charge in [-0.1, -0.05) is 38.5 Å². The molecule has 0 bridgehead atoms. The normalized spacial score (nSPS) is 13.3. The number of hydrogen-bond acceptors (Lipinski definition) is 6. The minimum atomic E-state index is -0.212. The van der Waals surface area contributed by atoms with Gasteiger partial charge in [-0.15, -0.1) is 16.4 Å². The Bertz CT molecular complexity index is 1350. The molecule has 0 spiro atoms. The number of H-pyrrole nitrogens is 1. The average molecular weight is 493 g/mol. The van der Waals surface area contributed by atoms with Crippen LogP contribution in [0.15, 0.2) is 40.5 Å². The van der Waals surface area contributed by atoms with E-state index in [9.17, 15) is 4.79 Å². The molecular formula is C27H36N6OS. The lowest BCUT2D eigenvalue weighted by atomic mass is 9.97. The third-order valence-corrected chi connectivity index (χ3v) is 7.77. The maximum absolute atomic E-state index is 13.2. The second-order valence-corrected chi connectivity index (χ2v) is 11.5. The lowest BCUT2D eigenvalue weighted by Gasteiger charge is -2.35. The van der Waals surface area contributed by atoms with Crippen LogP contribution in [0.25, 0.3) is 10.9 Å². The molecular weight excluding hydrogens is 456 g/mol. The maximum atomic E-state index is 13.2. The van der Waals surface area contributed by atoms with Crippen LogP contribution in [0.2, 0.25) is 0 Å². The van der Waals surface area contributed by atoms with Crippen molar-refractivity contribution in [2.24, 2.45) is 5.92 Å². The lowest BCUT2D eigenvalue weighted by Crippen LogP contribution is -2.38. The number of rotatable bonds is 9. The lowest BCUT2D eigenvalue weighted by molar-refractivity contribution is 0.119. The molecule has 0 aliphatic carbocycles. The number of nitrogens with one attached hydrogen (secondary N) is 1. The van der Waals surface area contributed by atoms with Crippen molar-refractivity contribution in [2.75, 3.05) is 0 Å². The molecule has 35 heavy (non-hydrogen) atoms. The van der Waals surface area contributed by atoms with Gasteiger partial charge < -0.3 is 4.98 Å². The number of pyridine rings is 1. The Kier molecular flexibility index (Phi) is 7.24. The minimum absolute atomic E-state index is 0.0448. The second kappa shape index (κ2) is 10.0. The molecule has 7 nitrogen and oxygen atoms in total. The van der Waals surface area contributed by atoms with E-state index in [0.717, 1.165) is 34.3 Å². The average Bonchev–Trinajstić information content (AvgIpc) is 3.47. The van der Waals surface area contributed by atoms with Crippen LogP contribution in [0.1, 0.15) is 74.5 Å². The van der Waals surface area contributed by atoms with Crippen molar-refractivity contribution in [3.05, 3.63) is 73.5 Å². The summed E-state index contributed by atoms with van der Waals surface area (Å²) in [7, 11) is 0. The molecule has 1 aromatic carbocycles. The Morgan fingerprint density at radius 2 is 1.94 bits per heavy atom. The summed E-state index contributed by atoms with van der Waals surface area (Å²) in [5.41, 5.74) is 3.67. The molecule has 1 N–H and O–H groups in total. The van der Waals surface area contributed by atoms with Gasteiger partial charge in [0.25, 0.3) is 5.56 Å². The first-order valence-electron chi connectivity index (χ1n) is 12.3. The van der Waals surface area contributed by atoms with E-state index in [-0.39, 0.29) is 23.1 Å². The Morgan fingerprint density at radius 3 is 2.60 bits per heavy atom. The molecule has 1 atom stereocenters. The van der Waals surface area contributed by atoms with E-state index in [1.807, 2.05) is 17.7 Å². The molecule has 3 aromatic heterocycles. The van der Waals surface area contributed by atoms with Gasteiger partial charge in [0.1, 0.15) is 0 Å². The summed E-state index contributed by atoms with van der Waals surface area (Å²) in [5.74, 6) is 1.07. The van der Waals surface area contributed by atoms with Gasteiger partial charge in [0, 0.05) is 23.5 Å². The zero-order valence-corrected chi connectivity index (χ0v) is 22.6. The first kappa shape index (κ1) is 25.3. The van der Waals surface area contributed by atoms with Crippen molar-refractivity contribution in [1.82, 2.24) is 30.1 Å². The van der Waals surface area contributed by atoms with Crippen LogP contribution in [-0.4, -0.2) is 30.1 Å². The molecule has 186 valence electrons. The first-order chi connectivity index (χ1) is 16.6. The maximum Gasteiger partial charge on any atom is 0.252 e. The van der Waals surface area contributed by atoms with Crippen LogP contribution >= 0.6 is 11.3 Å². The van der Waals surface area contributed by atoms with E-state index in [4.69, 9.17) is 0 Å². The van der Waals surface area contributed by atoms with Crippen LogP contribution < -0.4 is 5.56 Å². The standard InChI is InChI=1S/C27H36N6OS/c1-8-27(6,7)33-25(29-30-31-33)24(17(2)3)32(16-22-10-9-11-35-22)15-21-14-20-13-18(4)12-19(5)23(20)28-26(21)34/h9-14,17,24H,8,15-16H2,1-7H3,(H,28,34)/t24-/m1/s1. The van der Waals surface area contributed by atoms with Gasteiger partial charge in [0.15, 0.2) is 5.82 Å². The Balaban J connectivity index is 1.81. The number of aromatic amines is 1. The number of thiophene rings is 1. The first-order valence-corrected chi connectivity index (χ1v) is 13.2. The Hall–Kier alpha value is -2.84. The smallest absolute Gasteiger partial charge is 0.252 e. The number of aryl methyl sites for hydroxylation is 2. The van der Waals surface area contributed by atoms with Crippen molar-refractivity contribution in [3.63, 3.8) is 0 Å². The summed E-state index contributed by atoms with van der Waals surface area (Å²) in [5, 5.41) is 16.1. The molecule has 8 heteroatoms. The third kappa shape index (κ3) is 5.23. The SMILES string of the molecule is CCC(C)(C)n1nnnc1[C@@H](C(C)C)N(Cc1cccs1)Cc1cc2cc(C)cc(C)c2[nH]c1=O. The summed E-state index contributed by atoms with van der Waals surface area (Å²) < 4.78 is 1.97. The zero-order valence-electron chi connectivity index (χ0n) is 21.8. The summed E-state index contributed by atoms with van der Waals surface area (Å²) in [6.07, 6.45) is 0.907. The van der Waals surface area contributed by atoms with Crippen LogP contribution in [0.5, 0.6) is 0 Å². The summed E-state index contributed by atoms with van der Waals surface area (Å²) >= 11 is 1.73. The number of fused-ring (bicyclic) bond motifs is 1. The van der Waals surface area contributed by atoms with E-state index in [1.165, 1.54) is 10.4 Å². The van der Waals surface area contributed by atoms with E-state index >= 15 is 0 Å². The van der Waals surface area contributed by atoms with Crippen LogP contribution in [0, 0.1) is 19.8 Å². The molecule has 0 amide bonds. The van der Waals surface area contributed by atoms with Gasteiger partial charge in [0.2, 0.25) is 0 Å². The summed E-state index contributed by atoms with van der Waals surface area (Å²) in [6.45, 7) is 16.2. The van der Waals surface area contributed by atoms with Crippen LogP contribution in [0.4, 0.5) is 0 Å². The van der Waals surface area contributed by atoms with Crippen molar-refractivity contribution in [1.29, 1.82) is 0 Å². The van der Waals surface area contributed by atoms with Crippen molar-refractivity contribution < 1.29 is 0 Å². The van der Waals surface area contributed by atoms with E-state index < -0.39 is 0 Å². The highest BCUT2D eigenvalue weighted by Crippen LogP contribution is 2.33. The van der Waals surface area contributed by atoms with E-state index in [2.05, 4.69) is 96.6 Å². The second-order valence-electron chi connectivity index (χ2n) is 10.5. The number of benzene rings is 1. The highest BCUT2D eigenvalue weighted by Gasteiger charge is 2.34. The quantitative estimate of drug-likeness (QED) is 0.322. The van der Waals surface area contributed by atoms with Crippen LogP contribution in [-0.2, 0) is 18.6 Å². The molecule has 0 unspecified atom stereocenters. The van der Waals surface area contributed by atoms with Crippen LogP contribution in [0.3, 0.4) is 0 Å². The predicted octanol–water partition coefficient (Wildman–Crippen LogP) is 5.74. The topological polar surface area (TPSA) is 79.7 Å². The highest BCUT2D eigenvalue weighted by atomic mass is 32.1. The minimum Gasteiger partial charge on any atom is -0.321 e. The molecule has 3 heterocycles. The number of hydrogen-bond donors (Lipinski definition) is 1. The van der Waals surface area contributed by atoms with Crippen molar-refractivity contribution in [2.45, 2.75) is 79.6 Å². The molecule has 0 saturated carbocycles. The highest BCUT2D eigenvalue weighted by molar-refractivity contribution is 7.09. The van der Waals surface area contributed by atoms with E-state index in [1.54, 1.807) is 11.3 Å². The van der Waals surface area contributed by atoms with Crippen molar-refractivity contribution in [3.8, 4) is 0 Å². The van der Waals surface area contributed by atoms with Gasteiger partial charge in [-0.2, -0.15) is 0 Å². The Labute approximate surface area is 211 Å². The molecule has 0 fully saturated rings. The van der Waals surface area contributed by atoms with Gasteiger partial charge in [-0.25, -0.2) is 4.68 Å². The number of aromatic nitrogens is 5. The largest absolute Gasteiger partial charge is 0.321 e. The third-order valence-electron chi connectivity index (χ3n) is 6.90. The molecule has 4 rings (SSSR count). The van der Waals surface area contributed by atoms with Gasteiger partial charge >= 0.3 is 0 Å². The summed E-state index contributed by atoms with van der Waals surface area (Å²) in [4.78, 5) is 20.0. The van der Waals surface area contributed by atoms with Gasteiger partial charge in [-0.3, -0.25) is 9.69 Å². The molecule has 4 aromatic rings. The molecule has 0 saturated heterocycles. The monoisotopic (exact) mass is 492 g/mol. The fraction of sp³-hybridized carbons (Fsp3) is 0.481. The zero-order chi connectivity index (χ0) is 25.3. The molecule has 0 aliphatic rings. The molecule has 0 aliphatic heterocycles. The van der Waals surface area contributed by atoms with E-state index in [0.29, 0.717) is 13.1 Å². The predicted molar refractivity (Wildman–Crippen MR) is 143 cm³/mol. The van der Waals surface area contributed by atoms with Crippen molar-refractivity contribution >= 4 is 22.2 Å². The summed E-state index contributed by atoms with van der Waals surface area (Å²) in [6, 6.07) is 10.4. The number of nitrogens with zero attached hydrogens (tertiary/aromatic N) is 5. The number of tetrazole rings is 1. The fourth-order valence-electron chi connectivity index (χ4n) is 4.77. The molecule has 0 radical (unpaired) electrons.